The van der Waals surface area contributed by atoms with Gasteiger partial charge in [0, 0.05) is 5.02 Å². The Labute approximate surface area is 130 Å². The molecule has 0 saturated heterocycles. The first-order chi connectivity index (χ1) is 10.2. The molecular formula is C17H20ClNO2. The Kier molecular flexibility index (Phi) is 5.90. The molecule has 0 amide bonds. The van der Waals surface area contributed by atoms with Crippen molar-refractivity contribution in [3.05, 3.63) is 59.1 Å². The number of nitrogens with two attached hydrogens (primary N) is 1. The smallest absolute Gasteiger partial charge is 0.119 e. The van der Waals surface area contributed by atoms with Gasteiger partial charge < -0.3 is 15.2 Å². The molecular weight excluding hydrogens is 286 g/mol. The van der Waals surface area contributed by atoms with Crippen LogP contribution in [0, 0.1) is 0 Å². The molecule has 2 aromatic carbocycles. The summed E-state index contributed by atoms with van der Waals surface area (Å²) in [6.45, 7) is 1.21. The molecule has 1 atom stereocenters. The summed E-state index contributed by atoms with van der Waals surface area (Å²) in [5.41, 5.74) is 7.08. The number of hydrogen-bond acceptors (Lipinski definition) is 3. The van der Waals surface area contributed by atoms with Crippen LogP contribution >= 0.6 is 11.6 Å². The number of rotatable bonds is 7. The summed E-state index contributed by atoms with van der Waals surface area (Å²) >= 11 is 5.84. The van der Waals surface area contributed by atoms with E-state index < -0.39 is 0 Å². The van der Waals surface area contributed by atoms with Gasteiger partial charge in [-0.3, -0.25) is 0 Å². The van der Waals surface area contributed by atoms with Crippen LogP contribution in [0.2, 0.25) is 5.02 Å². The van der Waals surface area contributed by atoms with E-state index in [4.69, 9.17) is 26.8 Å². The van der Waals surface area contributed by atoms with Crippen LogP contribution in [0.1, 0.15) is 17.9 Å². The molecule has 0 spiro atoms. The van der Waals surface area contributed by atoms with E-state index in [0.717, 1.165) is 17.9 Å². The SMILES string of the molecule is COc1ccc(C(CN)CCOc2ccc(Cl)cc2)cc1. The van der Waals surface area contributed by atoms with Crippen molar-refractivity contribution in [1.82, 2.24) is 0 Å². The Morgan fingerprint density at radius 1 is 1.00 bits per heavy atom. The first kappa shape index (κ1) is 15.7. The van der Waals surface area contributed by atoms with E-state index in [2.05, 4.69) is 12.1 Å². The molecule has 2 N–H and O–H groups in total. The highest BCUT2D eigenvalue weighted by Gasteiger charge is 2.10. The molecule has 0 bridgehead atoms. The molecule has 0 saturated carbocycles. The maximum absolute atomic E-state index is 5.87. The summed E-state index contributed by atoms with van der Waals surface area (Å²) in [5, 5.41) is 0.709. The molecule has 21 heavy (non-hydrogen) atoms. The van der Waals surface area contributed by atoms with Crippen molar-refractivity contribution in [1.29, 1.82) is 0 Å². The minimum Gasteiger partial charge on any atom is -0.497 e. The van der Waals surface area contributed by atoms with Crippen LogP contribution in [0.3, 0.4) is 0 Å². The normalized spacial score (nSPS) is 12.0. The predicted molar refractivity (Wildman–Crippen MR) is 86.4 cm³/mol. The zero-order valence-electron chi connectivity index (χ0n) is 12.1. The Morgan fingerprint density at radius 3 is 2.19 bits per heavy atom. The molecule has 3 nitrogen and oxygen atoms in total. The quantitative estimate of drug-likeness (QED) is 0.845. The maximum atomic E-state index is 5.87. The van der Waals surface area contributed by atoms with E-state index >= 15 is 0 Å². The van der Waals surface area contributed by atoms with E-state index in [1.165, 1.54) is 5.56 Å². The van der Waals surface area contributed by atoms with Gasteiger partial charge in [-0.1, -0.05) is 23.7 Å². The van der Waals surface area contributed by atoms with Gasteiger partial charge in [0.15, 0.2) is 0 Å². The molecule has 4 heteroatoms. The molecule has 0 fully saturated rings. The van der Waals surface area contributed by atoms with Gasteiger partial charge >= 0.3 is 0 Å². The van der Waals surface area contributed by atoms with Crippen LogP contribution in [0.25, 0.3) is 0 Å². The molecule has 0 aromatic heterocycles. The third-order valence-corrected chi connectivity index (χ3v) is 3.67. The Balaban J connectivity index is 1.88. The second-order valence-corrected chi connectivity index (χ2v) is 5.23. The highest BCUT2D eigenvalue weighted by atomic mass is 35.5. The van der Waals surface area contributed by atoms with Crippen LogP contribution in [0.4, 0.5) is 0 Å². The van der Waals surface area contributed by atoms with Crippen molar-refractivity contribution in [2.45, 2.75) is 12.3 Å². The third kappa shape index (κ3) is 4.66. The zero-order valence-corrected chi connectivity index (χ0v) is 12.8. The molecule has 0 heterocycles. The zero-order chi connectivity index (χ0) is 15.1. The average Bonchev–Trinajstić information content (AvgIpc) is 2.53. The van der Waals surface area contributed by atoms with Crippen molar-refractivity contribution in [3.63, 3.8) is 0 Å². The van der Waals surface area contributed by atoms with Crippen LogP contribution in [-0.2, 0) is 0 Å². The minimum atomic E-state index is 0.281. The van der Waals surface area contributed by atoms with Crippen molar-refractivity contribution >= 4 is 11.6 Å². The van der Waals surface area contributed by atoms with Crippen molar-refractivity contribution in [2.24, 2.45) is 5.73 Å². The average molecular weight is 306 g/mol. The fourth-order valence-electron chi connectivity index (χ4n) is 2.15. The molecule has 0 aliphatic carbocycles. The van der Waals surface area contributed by atoms with E-state index in [-0.39, 0.29) is 5.92 Å². The Bertz CT molecular complexity index is 540. The largest absolute Gasteiger partial charge is 0.497 e. The van der Waals surface area contributed by atoms with Crippen LogP contribution in [-0.4, -0.2) is 20.3 Å². The molecule has 2 aromatic rings. The lowest BCUT2D eigenvalue weighted by Crippen LogP contribution is -2.15. The van der Waals surface area contributed by atoms with Gasteiger partial charge in [0.25, 0.3) is 0 Å². The van der Waals surface area contributed by atoms with Gasteiger partial charge in [-0.05, 0) is 60.8 Å². The molecule has 0 aliphatic heterocycles. The summed E-state index contributed by atoms with van der Waals surface area (Å²) < 4.78 is 10.9. The highest BCUT2D eigenvalue weighted by molar-refractivity contribution is 6.30. The Hall–Kier alpha value is -1.71. The fraction of sp³-hybridized carbons (Fsp3) is 0.294. The van der Waals surface area contributed by atoms with Gasteiger partial charge in [0.05, 0.1) is 13.7 Å². The van der Waals surface area contributed by atoms with Gasteiger partial charge in [-0.15, -0.1) is 0 Å². The third-order valence-electron chi connectivity index (χ3n) is 3.42. The van der Waals surface area contributed by atoms with Gasteiger partial charge in [-0.2, -0.15) is 0 Å². The topological polar surface area (TPSA) is 44.5 Å². The van der Waals surface area contributed by atoms with Gasteiger partial charge in [0.2, 0.25) is 0 Å². The maximum Gasteiger partial charge on any atom is 0.119 e. The van der Waals surface area contributed by atoms with Crippen LogP contribution < -0.4 is 15.2 Å². The van der Waals surface area contributed by atoms with E-state index in [9.17, 15) is 0 Å². The number of halogens is 1. The standard InChI is InChI=1S/C17H20ClNO2/c1-20-16-6-2-13(3-7-16)14(12-19)10-11-21-17-8-4-15(18)5-9-17/h2-9,14H,10-12,19H2,1H3. The lowest BCUT2D eigenvalue weighted by molar-refractivity contribution is 0.298. The first-order valence-corrected chi connectivity index (χ1v) is 7.33. The lowest BCUT2D eigenvalue weighted by Gasteiger charge is -2.16. The minimum absolute atomic E-state index is 0.281. The molecule has 0 radical (unpaired) electrons. The monoisotopic (exact) mass is 305 g/mol. The number of benzene rings is 2. The second kappa shape index (κ2) is 7.91. The first-order valence-electron chi connectivity index (χ1n) is 6.95. The van der Waals surface area contributed by atoms with Crippen LogP contribution in [0.15, 0.2) is 48.5 Å². The van der Waals surface area contributed by atoms with Crippen molar-refractivity contribution in [3.8, 4) is 11.5 Å². The van der Waals surface area contributed by atoms with Crippen LogP contribution in [0.5, 0.6) is 11.5 Å². The van der Waals surface area contributed by atoms with Crippen molar-refractivity contribution in [2.75, 3.05) is 20.3 Å². The Morgan fingerprint density at radius 2 is 1.62 bits per heavy atom. The summed E-state index contributed by atoms with van der Waals surface area (Å²) in [5.74, 6) is 1.96. The number of methoxy groups -OCH3 is 1. The van der Waals surface area contributed by atoms with Gasteiger partial charge in [-0.25, -0.2) is 0 Å². The fourth-order valence-corrected chi connectivity index (χ4v) is 2.27. The summed E-state index contributed by atoms with van der Waals surface area (Å²) in [7, 11) is 1.66. The summed E-state index contributed by atoms with van der Waals surface area (Å²) in [4.78, 5) is 0. The summed E-state index contributed by atoms with van der Waals surface area (Å²) in [6, 6.07) is 15.4. The molecule has 2 rings (SSSR count). The van der Waals surface area contributed by atoms with Gasteiger partial charge in [0.1, 0.15) is 11.5 Å². The van der Waals surface area contributed by atoms with Crippen molar-refractivity contribution < 1.29 is 9.47 Å². The summed E-state index contributed by atoms with van der Waals surface area (Å²) in [6.07, 6.45) is 0.867. The molecule has 112 valence electrons. The highest BCUT2D eigenvalue weighted by Crippen LogP contribution is 2.22. The number of ether oxygens (including phenoxy) is 2. The predicted octanol–water partition coefficient (Wildman–Crippen LogP) is 3.86. The van der Waals surface area contributed by atoms with E-state index in [1.54, 1.807) is 7.11 Å². The second-order valence-electron chi connectivity index (χ2n) is 4.80. The van der Waals surface area contributed by atoms with E-state index in [0.29, 0.717) is 18.2 Å². The lowest BCUT2D eigenvalue weighted by atomic mass is 9.96. The molecule has 0 aliphatic rings. The molecule has 1 unspecified atom stereocenters. The van der Waals surface area contributed by atoms with E-state index in [1.807, 2.05) is 36.4 Å². The number of hydrogen-bond donors (Lipinski definition) is 1.